The monoisotopic (exact) mass is 427 g/mol. The summed E-state index contributed by atoms with van der Waals surface area (Å²) in [6, 6.07) is 5.33. The number of rotatable bonds is 4. The summed E-state index contributed by atoms with van der Waals surface area (Å²) < 4.78 is 6.39. The van der Waals surface area contributed by atoms with Crippen LogP contribution in [0, 0.1) is 0 Å². The third kappa shape index (κ3) is 3.94. The molecule has 0 radical (unpaired) electrons. The highest BCUT2D eigenvalue weighted by molar-refractivity contribution is 6.05. The summed E-state index contributed by atoms with van der Waals surface area (Å²) >= 11 is 0. The molecule has 8 heteroatoms. The third-order valence-corrected chi connectivity index (χ3v) is 7.17. The number of fused-ring (bicyclic) bond motifs is 1. The maximum Gasteiger partial charge on any atom is 0.255 e. The SMILES string of the molecule is O=C1CCC(N2Cc3cc(O[C@@H]4CCC[C@H]4N4CCC(O)CC4)ccc3C2=O)C(=O)N1. The zero-order valence-corrected chi connectivity index (χ0v) is 17.6. The molecule has 0 aromatic heterocycles. The Morgan fingerprint density at radius 2 is 1.84 bits per heavy atom. The van der Waals surface area contributed by atoms with Gasteiger partial charge in [-0.2, -0.15) is 0 Å². The number of carbonyl (C=O) groups is 3. The first-order valence-electron chi connectivity index (χ1n) is 11.4. The lowest BCUT2D eigenvalue weighted by Gasteiger charge is -2.37. The first-order chi connectivity index (χ1) is 15.0. The molecule has 3 amide bonds. The summed E-state index contributed by atoms with van der Waals surface area (Å²) in [6.45, 7) is 2.17. The van der Waals surface area contributed by atoms with E-state index in [1.807, 2.05) is 12.1 Å². The molecular weight excluding hydrogens is 398 g/mol. The average molecular weight is 428 g/mol. The second kappa shape index (κ2) is 8.24. The van der Waals surface area contributed by atoms with Crippen molar-refractivity contribution in [1.82, 2.24) is 15.1 Å². The van der Waals surface area contributed by atoms with Crippen LogP contribution in [-0.2, 0) is 16.1 Å². The van der Waals surface area contributed by atoms with E-state index in [1.165, 1.54) is 0 Å². The van der Waals surface area contributed by atoms with Gasteiger partial charge in [0.15, 0.2) is 0 Å². The Kier molecular flexibility index (Phi) is 5.44. The van der Waals surface area contributed by atoms with Gasteiger partial charge in [-0.25, -0.2) is 0 Å². The molecule has 2 saturated heterocycles. The predicted molar refractivity (Wildman–Crippen MR) is 111 cm³/mol. The Morgan fingerprint density at radius 1 is 1.03 bits per heavy atom. The topological polar surface area (TPSA) is 99.2 Å². The minimum atomic E-state index is -0.601. The Morgan fingerprint density at radius 3 is 2.61 bits per heavy atom. The zero-order valence-electron chi connectivity index (χ0n) is 17.6. The molecule has 4 aliphatic rings. The quantitative estimate of drug-likeness (QED) is 0.701. The molecule has 5 rings (SSSR count). The van der Waals surface area contributed by atoms with Gasteiger partial charge in [0.25, 0.3) is 5.91 Å². The molecule has 0 spiro atoms. The molecule has 8 nitrogen and oxygen atoms in total. The van der Waals surface area contributed by atoms with E-state index >= 15 is 0 Å². The van der Waals surface area contributed by atoms with Crippen molar-refractivity contribution in [3.8, 4) is 5.75 Å². The number of hydrogen-bond donors (Lipinski definition) is 2. The van der Waals surface area contributed by atoms with E-state index in [9.17, 15) is 19.5 Å². The van der Waals surface area contributed by atoms with E-state index in [-0.39, 0.29) is 30.4 Å². The third-order valence-electron chi connectivity index (χ3n) is 7.17. The Labute approximate surface area is 181 Å². The van der Waals surface area contributed by atoms with Crippen LogP contribution in [0.4, 0.5) is 0 Å². The summed E-state index contributed by atoms with van der Waals surface area (Å²) in [5.74, 6) is -0.0861. The van der Waals surface area contributed by atoms with Crippen LogP contribution in [-0.4, -0.2) is 70.0 Å². The first-order valence-corrected chi connectivity index (χ1v) is 11.4. The molecule has 1 saturated carbocycles. The zero-order chi connectivity index (χ0) is 21.5. The van der Waals surface area contributed by atoms with E-state index in [2.05, 4.69) is 10.2 Å². The second-order valence-electron chi connectivity index (χ2n) is 9.14. The Bertz CT molecular complexity index is 895. The Hall–Kier alpha value is -2.45. The first kappa shape index (κ1) is 20.5. The van der Waals surface area contributed by atoms with Gasteiger partial charge in [-0.15, -0.1) is 0 Å². The number of piperidine rings is 2. The summed E-state index contributed by atoms with van der Waals surface area (Å²) in [4.78, 5) is 40.5. The number of ether oxygens (including phenoxy) is 1. The smallest absolute Gasteiger partial charge is 0.255 e. The van der Waals surface area contributed by atoms with E-state index in [1.54, 1.807) is 11.0 Å². The van der Waals surface area contributed by atoms with Crippen molar-refractivity contribution >= 4 is 17.7 Å². The molecule has 1 aromatic rings. The van der Waals surface area contributed by atoms with Crippen molar-refractivity contribution in [3.63, 3.8) is 0 Å². The van der Waals surface area contributed by atoms with E-state index < -0.39 is 11.9 Å². The van der Waals surface area contributed by atoms with Crippen LogP contribution in [0.5, 0.6) is 5.75 Å². The maximum atomic E-state index is 12.9. The molecule has 3 fully saturated rings. The molecule has 1 aromatic carbocycles. The van der Waals surface area contributed by atoms with Crippen LogP contribution in [0.1, 0.15) is 60.9 Å². The van der Waals surface area contributed by atoms with Crippen molar-refractivity contribution in [2.75, 3.05) is 13.1 Å². The van der Waals surface area contributed by atoms with Crippen LogP contribution in [0.15, 0.2) is 18.2 Å². The predicted octanol–water partition coefficient (Wildman–Crippen LogP) is 1.20. The van der Waals surface area contributed by atoms with Crippen molar-refractivity contribution in [2.45, 2.75) is 75.8 Å². The number of amides is 3. The number of aliphatic hydroxyl groups excluding tert-OH is 1. The minimum Gasteiger partial charge on any atom is -0.489 e. The fourth-order valence-corrected chi connectivity index (χ4v) is 5.48. The van der Waals surface area contributed by atoms with E-state index in [0.717, 1.165) is 56.5 Å². The van der Waals surface area contributed by atoms with Crippen molar-refractivity contribution in [3.05, 3.63) is 29.3 Å². The van der Waals surface area contributed by atoms with Crippen LogP contribution >= 0.6 is 0 Å². The fourth-order valence-electron chi connectivity index (χ4n) is 5.48. The number of carbonyl (C=O) groups excluding carboxylic acids is 3. The number of nitrogens with one attached hydrogen (secondary N) is 1. The van der Waals surface area contributed by atoms with Crippen LogP contribution < -0.4 is 10.1 Å². The van der Waals surface area contributed by atoms with Crippen LogP contribution in [0.3, 0.4) is 0 Å². The minimum absolute atomic E-state index is 0.108. The molecule has 31 heavy (non-hydrogen) atoms. The van der Waals surface area contributed by atoms with Crippen LogP contribution in [0.25, 0.3) is 0 Å². The van der Waals surface area contributed by atoms with Crippen molar-refractivity contribution in [1.29, 1.82) is 0 Å². The van der Waals surface area contributed by atoms with Gasteiger partial charge in [0.1, 0.15) is 17.9 Å². The summed E-state index contributed by atoms with van der Waals surface area (Å²) in [5.41, 5.74) is 1.47. The molecule has 3 atom stereocenters. The molecule has 166 valence electrons. The number of likely N-dealkylation sites (tertiary alicyclic amines) is 1. The van der Waals surface area contributed by atoms with E-state index in [4.69, 9.17) is 4.74 Å². The number of imide groups is 1. The molecule has 0 bridgehead atoms. The number of hydrogen-bond acceptors (Lipinski definition) is 6. The highest BCUT2D eigenvalue weighted by atomic mass is 16.5. The molecule has 1 unspecified atom stereocenters. The largest absolute Gasteiger partial charge is 0.489 e. The van der Waals surface area contributed by atoms with Crippen molar-refractivity contribution < 1.29 is 24.2 Å². The van der Waals surface area contributed by atoms with Gasteiger partial charge < -0.3 is 14.7 Å². The van der Waals surface area contributed by atoms with Gasteiger partial charge in [-0.3, -0.25) is 24.6 Å². The lowest BCUT2D eigenvalue weighted by atomic mass is 10.0. The van der Waals surface area contributed by atoms with Gasteiger partial charge in [0.2, 0.25) is 11.8 Å². The molecule has 1 aliphatic carbocycles. The van der Waals surface area contributed by atoms with Gasteiger partial charge in [-0.05, 0) is 62.3 Å². The summed E-state index contributed by atoms with van der Waals surface area (Å²) in [6.07, 6.45) is 5.41. The van der Waals surface area contributed by atoms with Gasteiger partial charge in [0, 0.05) is 37.7 Å². The van der Waals surface area contributed by atoms with Crippen molar-refractivity contribution in [2.24, 2.45) is 0 Å². The fraction of sp³-hybridized carbons (Fsp3) is 0.609. The standard InChI is InChI=1S/C23H29N3O5/c27-15-8-10-25(11-9-15)18-2-1-3-20(18)31-16-4-5-17-14(12-16)13-26(23(17)30)19-6-7-21(28)24-22(19)29/h4-5,12,15,18-20,27H,1-3,6-11,13H2,(H,24,28,29)/t18-,19?,20-/m1/s1. The van der Waals surface area contributed by atoms with Gasteiger partial charge in [-0.1, -0.05) is 0 Å². The maximum absolute atomic E-state index is 12.9. The molecular formula is C23H29N3O5. The number of aliphatic hydroxyl groups is 1. The molecule has 3 heterocycles. The summed E-state index contributed by atoms with van der Waals surface area (Å²) in [7, 11) is 0. The number of benzene rings is 1. The number of nitrogens with zero attached hydrogens (tertiary/aromatic N) is 2. The van der Waals surface area contributed by atoms with Gasteiger partial charge in [0.05, 0.1) is 6.10 Å². The lowest BCUT2D eigenvalue weighted by Crippen LogP contribution is -2.52. The van der Waals surface area contributed by atoms with Crippen LogP contribution in [0.2, 0.25) is 0 Å². The lowest BCUT2D eigenvalue weighted by molar-refractivity contribution is -0.136. The molecule has 3 aliphatic heterocycles. The molecule has 2 N–H and O–H groups in total. The normalized spacial score (nSPS) is 29.9. The second-order valence-corrected chi connectivity index (χ2v) is 9.14. The highest BCUT2D eigenvalue weighted by Crippen LogP contribution is 2.34. The summed E-state index contributed by atoms with van der Waals surface area (Å²) in [5, 5.41) is 12.1. The van der Waals surface area contributed by atoms with Gasteiger partial charge >= 0.3 is 0 Å². The average Bonchev–Trinajstić information content (AvgIpc) is 3.33. The Balaban J connectivity index is 1.27. The highest BCUT2D eigenvalue weighted by Gasteiger charge is 2.40. The van der Waals surface area contributed by atoms with E-state index in [0.29, 0.717) is 24.6 Å².